The molecular weight excluding hydrogens is 276 g/mol. The summed E-state index contributed by atoms with van der Waals surface area (Å²) >= 11 is 0. The van der Waals surface area contributed by atoms with E-state index in [2.05, 4.69) is 5.32 Å². The third kappa shape index (κ3) is 4.02. The van der Waals surface area contributed by atoms with E-state index < -0.39 is 11.6 Å². The molecule has 0 fully saturated rings. The van der Waals surface area contributed by atoms with E-state index in [-0.39, 0.29) is 17.2 Å². The van der Waals surface area contributed by atoms with Crippen molar-refractivity contribution < 1.29 is 18.3 Å². The van der Waals surface area contributed by atoms with Crippen LogP contribution < -0.4 is 10.1 Å². The van der Waals surface area contributed by atoms with Crippen molar-refractivity contribution in [2.45, 2.75) is 6.42 Å². The quantitative estimate of drug-likeness (QED) is 0.920. The van der Waals surface area contributed by atoms with Gasteiger partial charge < -0.3 is 10.1 Å². The first-order chi connectivity index (χ1) is 10.1. The molecule has 5 heteroatoms. The molecule has 0 saturated heterocycles. The van der Waals surface area contributed by atoms with E-state index in [0.717, 1.165) is 5.56 Å². The van der Waals surface area contributed by atoms with Crippen LogP contribution in [0.4, 0.5) is 8.78 Å². The molecule has 0 spiro atoms. The summed E-state index contributed by atoms with van der Waals surface area (Å²) in [4.78, 5) is 11.8. The van der Waals surface area contributed by atoms with Gasteiger partial charge in [0.1, 0.15) is 5.82 Å². The zero-order valence-electron chi connectivity index (χ0n) is 11.5. The largest absolute Gasteiger partial charge is 0.494 e. The molecule has 2 rings (SSSR count). The maximum absolute atomic E-state index is 13.5. The van der Waals surface area contributed by atoms with Crippen molar-refractivity contribution in [3.05, 3.63) is 65.2 Å². The van der Waals surface area contributed by atoms with Crippen molar-refractivity contribution in [3.63, 3.8) is 0 Å². The van der Waals surface area contributed by atoms with Gasteiger partial charge in [0.25, 0.3) is 5.91 Å². The molecule has 0 aliphatic heterocycles. The highest BCUT2D eigenvalue weighted by Gasteiger charge is 2.07. The highest BCUT2D eigenvalue weighted by molar-refractivity contribution is 5.94. The van der Waals surface area contributed by atoms with Gasteiger partial charge >= 0.3 is 0 Å². The third-order valence-corrected chi connectivity index (χ3v) is 3.00. The number of benzene rings is 2. The minimum atomic E-state index is -0.458. The first-order valence-corrected chi connectivity index (χ1v) is 6.46. The first-order valence-electron chi connectivity index (χ1n) is 6.46. The van der Waals surface area contributed by atoms with Gasteiger partial charge in [-0.25, -0.2) is 8.78 Å². The van der Waals surface area contributed by atoms with Gasteiger partial charge in [-0.05, 0) is 42.3 Å². The fourth-order valence-electron chi connectivity index (χ4n) is 1.92. The average Bonchev–Trinajstić information content (AvgIpc) is 2.47. The van der Waals surface area contributed by atoms with Gasteiger partial charge in [0.2, 0.25) is 0 Å². The Morgan fingerprint density at radius 2 is 2.00 bits per heavy atom. The zero-order valence-corrected chi connectivity index (χ0v) is 11.5. The molecule has 110 valence electrons. The fourth-order valence-corrected chi connectivity index (χ4v) is 1.92. The SMILES string of the molecule is COc1ccc(CCNC(=O)c2cccc(F)c2)cc1F. The van der Waals surface area contributed by atoms with Crippen molar-refractivity contribution in [2.75, 3.05) is 13.7 Å². The molecule has 2 aromatic carbocycles. The Morgan fingerprint density at radius 3 is 2.67 bits per heavy atom. The second-order valence-corrected chi connectivity index (χ2v) is 4.49. The van der Waals surface area contributed by atoms with Crippen molar-refractivity contribution in [3.8, 4) is 5.75 Å². The van der Waals surface area contributed by atoms with E-state index in [9.17, 15) is 13.6 Å². The molecule has 0 saturated carbocycles. The van der Waals surface area contributed by atoms with Gasteiger partial charge in [-0.1, -0.05) is 12.1 Å². The molecule has 21 heavy (non-hydrogen) atoms. The lowest BCUT2D eigenvalue weighted by Crippen LogP contribution is -2.25. The smallest absolute Gasteiger partial charge is 0.251 e. The number of ether oxygens (including phenoxy) is 1. The Labute approximate surface area is 121 Å². The molecule has 0 unspecified atom stereocenters. The van der Waals surface area contributed by atoms with Gasteiger partial charge in [0.05, 0.1) is 7.11 Å². The van der Waals surface area contributed by atoms with Crippen LogP contribution in [0.1, 0.15) is 15.9 Å². The second-order valence-electron chi connectivity index (χ2n) is 4.49. The number of rotatable bonds is 5. The van der Waals surface area contributed by atoms with Crippen LogP contribution in [0.5, 0.6) is 5.75 Å². The molecular formula is C16H15F2NO2. The van der Waals surface area contributed by atoms with E-state index in [4.69, 9.17) is 4.74 Å². The number of nitrogens with one attached hydrogen (secondary N) is 1. The maximum atomic E-state index is 13.5. The van der Waals surface area contributed by atoms with Crippen molar-refractivity contribution in [1.29, 1.82) is 0 Å². The van der Waals surface area contributed by atoms with E-state index in [1.54, 1.807) is 12.1 Å². The van der Waals surface area contributed by atoms with Crippen molar-refractivity contribution in [2.24, 2.45) is 0 Å². The Balaban J connectivity index is 1.89. The average molecular weight is 291 g/mol. The van der Waals surface area contributed by atoms with Crippen molar-refractivity contribution >= 4 is 5.91 Å². The van der Waals surface area contributed by atoms with E-state index in [1.165, 1.54) is 37.4 Å². The lowest BCUT2D eigenvalue weighted by molar-refractivity contribution is 0.0953. The number of hydrogen-bond acceptors (Lipinski definition) is 2. The van der Waals surface area contributed by atoms with Crippen LogP contribution in [-0.2, 0) is 6.42 Å². The number of carbonyl (C=O) groups excluding carboxylic acids is 1. The molecule has 3 nitrogen and oxygen atoms in total. The van der Waals surface area contributed by atoms with Crippen molar-refractivity contribution in [1.82, 2.24) is 5.32 Å². The Hall–Kier alpha value is -2.43. The molecule has 1 amide bonds. The van der Waals surface area contributed by atoms with Gasteiger partial charge in [-0.3, -0.25) is 4.79 Å². The maximum Gasteiger partial charge on any atom is 0.251 e. The molecule has 0 atom stereocenters. The van der Waals surface area contributed by atoms with Crippen LogP contribution in [0.15, 0.2) is 42.5 Å². The summed E-state index contributed by atoms with van der Waals surface area (Å²) in [5.41, 5.74) is 1.00. The standard InChI is InChI=1S/C16H15F2NO2/c1-21-15-6-5-11(9-14(15)18)7-8-19-16(20)12-3-2-4-13(17)10-12/h2-6,9-10H,7-8H2,1H3,(H,19,20). The van der Waals surface area contributed by atoms with E-state index in [0.29, 0.717) is 13.0 Å². The topological polar surface area (TPSA) is 38.3 Å². The summed E-state index contributed by atoms with van der Waals surface area (Å²) in [5, 5.41) is 2.66. The van der Waals surface area contributed by atoms with Gasteiger partial charge in [-0.2, -0.15) is 0 Å². The summed E-state index contributed by atoms with van der Waals surface area (Å²) in [6.07, 6.45) is 0.474. The van der Waals surface area contributed by atoms with Crippen LogP contribution in [0.2, 0.25) is 0 Å². The normalized spacial score (nSPS) is 10.2. The van der Waals surface area contributed by atoms with Gasteiger partial charge in [-0.15, -0.1) is 0 Å². The lowest BCUT2D eigenvalue weighted by atomic mass is 10.1. The van der Waals surface area contributed by atoms with Crippen LogP contribution in [0.25, 0.3) is 0 Å². The summed E-state index contributed by atoms with van der Waals surface area (Å²) in [7, 11) is 1.40. The number of hydrogen-bond donors (Lipinski definition) is 1. The lowest BCUT2D eigenvalue weighted by Gasteiger charge is -2.07. The van der Waals surface area contributed by atoms with Gasteiger partial charge in [0, 0.05) is 12.1 Å². The third-order valence-electron chi connectivity index (χ3n) is 3.00. The Bertz CT molecular complexity index is 644. The molecule has 0 aromatic heterocycles. The number of amides is 1. The van der Waals surface area contributed by atoms with Crippen LogP contribution >= 0.6 is 0 Å². The fraction of sp³-hybridized carbons (Fsp3) is 0.188. The molecule has 1 N–H and O–H groups in total. The van der Waals surface area contributed by atoms with Crippen LogP contribution in [0.3, 0.4) is 0 Å². The molecule has 0 radical (unpaired) electrons. The van der Waals surface area contributed by atoms with Gasteiger partial charge in [0.15, 0.2) is 11.6 Å². The molecule has 0 aliphatic rings. The monoisotopic (exact) mass is 291 g/mol. The minimum Gasteiger partial charge on any atom is -0.494 e. The summed E-state index contributed by atoms with van der Waals surface area (Å²) in [5.74, 6) is -1.07. The number of methoxy groups -OCH3 is 1. The Morgan fingerprint density at radius 1 is 1.19 bits per heavy atom. The zero-order chi connectivity index (χ0) is 15.2. The van der Waals surface area contributed by atoms with Crippen LogP contribution in [0, 0.1) is 11.6 Å². The summed E-state index contributed by atoms with van der Waals surface area (Å²) in [6, 6.07) is 10.1. The van der Waals surface area contributed by atoms with E-state index >= 15 is 0 Å². The predicted octanol–water partition coefficient (Wildman–Crippen LogP) is 2.95. The highest BCUT2D eigenvalue weighted by Crippen LogP contribution is 2.17. The molecule has 0 aliphatic carbocycles. The molecule has 0 heterocycles. The summed E-state index contributed by atoms with van der Waals surface area (Å²) in [6.45, 7) is 0.334. The van der Waals surface area contributed by atoms with Crippen LogP contribution in [-0.4, -0.2) is 19.6 Å². The van der Waals surface area contributed by atoms with E-state index in [1.807, 2.05) is 0 Å². The first kappa shape index (κ1) is 15.0. The molecule has 2 aromatic rings. The second kappa shape index (κ2) is 6.83. The minimum absolute atomic E-state index is 0.183. The highest BCUT2D eigenvalue weighted by atomic mass is 19.1. The molecule has 0 bridgehead atoms. The predicted molar refractivity (Wildman–Crippen MR) is 75.4 cm³/mol. The summed E-state index contributed by atoms with van der Waals surface area (Å²) < 4.78 is 31.3. The Kier molecular flexibility index (Phi) is 4.87. The number of halogens is 2. The number of carbonyl (C=O) groups is 1.